The summed E-state index contributed by atoms with van der Waals surface area (Å²) in [6.45, 7) is 2.95. The molecule has 1 atom stereocenters. The molecule has 0 aliphatic heterocycles. The van der Waals surface area contributed by atoms with Crippen LogP contribution in [0.1, 0.15) is 27.2 Å². The smallest absolute Gasteiger partial charge is 0.458 e. The van der Waals surface area contributed by atoms with Crippen LogP contribution in [0.3, 0.4) is 0 Å². The Labute approximate surface area is 183 Å². The van der Waals surface area contributed by atoms with E-state index in [1.807, 2.05) is 0 Å². The Hall–Kier alpha value is -1.76. The second-order valence-electron chi connectivity index (χ2n) is 7.90. The molecule has 0 aliphatic rings. The summed E-state index contributed by atoms with van der Waals surface area (Å²) in [5.74, 6) is -59.9. The SMILES string of the molecule is CC(C)(C)OC(=O)C(O)CC(F)(F)C(F)(F)C(F)(F)C(F)(F)C(F)(F)C(F)(F)C(F)(F)C(F)(F)F. The number of carbonyl (C=O) groups is 1. The van der Waals surface area contributed by atoms with E-state index in [1.165, 1.54) is 0 Å². The van der Waals surface area contributed by atoms with Crippen molar-refractivity contribution in [1.29, 1.82) is 0 Å². The first-order valence-corrected chi connectivity index (χ1v) is 8.38. The van der Waals surface area contributed by atoms with Gasteiger partial charge in [0.25, 0.3) is 0 Å². The van der Waals surface area contributed by atoms with E-state index < -0.39 is 71.7 Å². The fraction of sp³-hybridized carbons (Fsp3) is 0.933. The van der Waals surface area contributed by atoms with Gasteiger partial charge >= 0.3 is 53.6 Å². The van der Waals surface area contributed by atoms with Crippen molar-refractivity contribution in [2.45, 2.75) is 86.5 Å². The first kappa shape index (κ1) is 33.2. The van der Waals surface area contributed by atoms with Crippen molar-refractivity contribution < 1.29 is 89.3 Å². The van der Waals surface area contributed by atoms with Gasteiger partial charge in [-0.15, -0.1) is 0 Å². The van der Waals surface area contributed by atoms with Crippen LogP contribution in [-0.2, 0) is 9.53 Å². The first-order chi connectivity index (χ1) is 14.8. The summed E-state index contributed by atoms with van der Waals surface area (Å²) >= 11 is 0. The molecule has 0 aliphatic carbocycles. The number of hydrogen-bond acceptors (Lipinski definition) is 3. The fourth-order valence-electron chi connectivity index (χ4n) is 2.02. The molecule has 0 rings (SSSR count). The third-order valence-electron chi connectivity index (χ3n) is 3.92. The fourth-order valence-corrected chi connectivity index (χ4v) is 2.02. The van der Waals surface area contributed by atoms with Gasteiger partial charge in [0.15, 0.2) is 6.10 Å². The second kappa shape index (κ2) is 8.67. The topological polar surface area (TPSA) is 46.5 Å². The van der Waals surface area contributed by atoms with Crippen LogP contribution >= 0.6 is 0 Å². The van der Waals surface area contributed by atoms with Crippen LogP contribution in [0.4, 0.5) is 74.6 Å². The Balaban J connectivity index is 6.52. The van der Waals surface area contributed by atoms with Crippen molar-refractivity contribution in [1.82, 2.24) is 0 Å². The van der Waals surface area contributed by atoms with Crippen molar-refractivity contribution in [2.24, 2.45) is 0 Å². The molecule has 20 heteroatoms. The van der Waals surface area contributed by atoms with E-state index >= 15 is 0 Å². The number of aliphatic hydroxyl groups is 1. The van der Waals surface area contributed by atoms with E-state index in [0.717, 1.165) is 20.8 Å². The van der Waals surface area contributed by atoms with Crippen LogP contribution in [-0.4, -0.2) is 70.4 Å². The largest absolute Gasteiger partial charge is 0.460 e. The summed E-state index contributed by atoms with van der Waals surface area (Å²) in [6, 6.07) is 0. The van der Waals surface area contributed by atoms with Crippen LogP contribution in [0.25, 0.3) is 0 Å². The second-order valence-corrected chi connectivity index (χ2v) is 7.90. The number of hydrogen-bond donors (Lipinski definition) is 1. The van der Waals surface area contributed by atoms with Crippen LogP contribution in [0.15, 0.2) is 0 Å². The Morgan fingerprint density at radius 1 is 0.600 bits per heavy atom. The quantitative estimate of drug-likeness (QED) is 0.273. The molecule has 0 spiro atoms. The number of rotatable bonds is 9. The van der Waals surface area contributed by atoms with E-state index in [-0.39, 0.29) is 0 Å². The third-order valence-corrected chi connectivity index (χ3v) is 3.92. The van der Waals surface area contributed by atoms with Gasteiger partial charge in [0.05, 0.1) is 6.42 Å². The standard InChI is InChI=1S/C15H13F17O3/c1-7(2,3)35-6(34)5(33)4-8(16,17)9(18,19)10(20,21)11(22,23)12(24,25)13(26,27)14(28,29)15(30,31)32/h5,33H,4H2,1-3H3. The Bertz CT molecular complexity index is 779. The third kappa shape index (κ3) is 5.21. The van der Waals surface area contributed by atoms with Gasteiger partial charge in [-0.25, -0.2) is 4.79 Å². The van der Waals surface area contributed by atoms with E-state index in [1.54, 1.807) is 0 Å². The molecule has 0 amide bonds. The molecule has 0 saturated heterocycles. The molecule has 0 saturated carbocycles. The molecular weight excluding hydrogens is 551 g/mol. The summed E-state index contributed by atoms with van der Waals surface area (Å²) in [6.07, 6.45) is -14.7. The monoisotopic (exact) mass is 564 g/mol. The van der Waals surface area contributed by atoms with Crippen molar-refractivity contribution in [3.8, 4) is 0 Å². The molecule has 1 N–H and O–H groups in total. The lowest BCUT2D eigenvalue weighted by Gasteiger charge is -2.43. The lowest BCUT2D eigenvalue weighted by atomic mass is 9.87. The molecule has 0 bridgehead atoms. The van der Waals surface area contributed by atoms with Crippen LogP contribution in [0.2, 0.25) is 0 Å². The van der Waals surface area contributed by atoms with Crippen LogP contribution in [0.5, 0.6) is 0 Å². The zero-order valence-electron chi connectivity index (χ0n) is 17.0. The molecule has 35 heavy (non-hydrogen) atoms. The zero-order valence-corrected chi connectivity index (χ0v) is 17.0. The molecule has 0 fully saturated rings. The Morgan fingerprint density at radius 2 is 0.886 bits per heavy atom. The average molecular weight is 564 g/mol. The summed E-state index contributed by atoms with van der Waals surface area (Å²) in [5.41, 5.74) is -1.66. The van der Waals surface area contributed by atoms with Gasteiger partial charge < -0.3 is 9.84 Å². The van der Waals surface area contributed by atoms with E-state index in [2.05, 4.69) is 4.74 Å². The molecule has 3 nitrogen and oxygen atoms in total. The number of halogens is 17. The summed E-state index contributed by atoms with van der Waals surface area (Å²) < 4.78 is 227. The predicted octanol–water partition coefficient (Wildman–Crippen LogP) is 6.09. The maximum absolute atomic E-state index is 13.7. The minimum atomic E-state index is -8.74. The normalized spacial score (nSPS) is 16.8. The highest BCUT2D eigenvalue weighted by Crippen LogP contribution is 2.64. The molecule has 0 aromatic heterocycles. The Kier molecular flexibility index (Phi) is 8.23. The number of alkyl halides is 17. The maximum atomic E-state index is 13.7. The lowest BCUT2D eigenvalue weighted by molar-refractivity contribution is -0.462. The van der Waals surface area contributed by atoms with Crippen molar-refractivity contribution in [3.05, 3.63) is 0 Å². The van der Waals surface area contributed by atoms with E-state index in [0.29, 0.717) is 0 Å². The van der Waals surface area contributed by atoms with Crippen molar-refractivity contribution >= 4 is 5.97 Å². The van der Waals surface area contributed by atoms with Gasteiger partial charge in [-0.05, 0) is 20.8 Å². The highest BCUT2D eigenvalue weighted by atomic mass is 19.4. The average Bonchev–Trinajstić information content (AvgIpc) is 2.57. The van der Waals surface area contributed by atoms with Gasteiger partial charge in [0.2, 0.25) is 0 Å². The van der Waals surface area contributed by atoms with Gasteiger partial charge in [0, 0.05) is 0 Å². The summed E-state index contributed by atoms with van der Waals surface area (Å²) in [4.78, 5) is 11.3. The van der Waals surface area contributed by atoms with E-state index in [4.69, 9.17) is 5.11 Å². The first-order valence-electron chi connectivity index (χ1n) is 8.38. The molecule has 1 unspecified atom stereocenters. The highest BCUT2D eigenvalue weighted by molar-refractivity contribution is 5.74. The summed E-state index contributed by atoms with van der Waals surface area (Å²) in [5, 5.41) is 9.12. The molecule has 0 heterocycles. The van der Waals surface area contributed by atoms with Gasteiger partial charge in [0.1, 0.15) is 5.60 Å². The number of carbonyl (C=O) groups excluding carboxylic acids is 1. The maximum Gasteiger partial charge on any atom is 0.460 e. The highest BCUT2D eigenvalue weighted by Gasteiger charge is 2.95. The van der Waals surface area contributed by atoms with Crippen molar-refractivity contribution in [3.63, 3.8) is 0 Å². The Morgan fingerprint density at radius 3 is 1.17 bits per heavy atom. The molecule has 0 radical (unpaired) electrons. The molecule has 0 aromatic carbocycles. The minimum absolute atomic E-state index is 0.984. The molecular formula is C15H13F17O3. The van der Waals surface area contributed by atoms with Crippen LogP contribution in [0, 0.1) is 0 Å². The zero-order chi connectivity index (χ0) is 29.1. The van der Waals surface area contributed by atoms with Gasteiger partial charge in [-0.2, -0.15) is 74.6 Å². The lowest BCUT2D eigenvalue weighted by Crippen LogP contribution is -2.74. The van der Waals surface area contributed by atoms with Crippen LogP contribution < -0.4 is 0 Å². The number of aliphatic hydroxyl groups excluding tert-OH is 1. The predicted molar refractivity (Wildman–Crippen MR) is 77.2 cm³/mol. The summed E-state index contributed by atoms with van der Waals surface area (Å²) in [7, 11) is 0. The van der Waals surface area contributed by atoms with Crippen molar-refractivity contribution in [2.75, 3.05) is 0 Å². The molecule has 0 aromatic rings. The van der Waals surface area contributed by atoms with Gasteiger partial charge in [-0.3, -0.25) is 0 Å². The van der Waals surface area contributed by atoms with Gasteiger partial charge in [-0.1, -0.05) is 0 Å². The minimum Gasteiger partial charge on any atom is -0.458 e. The number of ether oxygens (including phenoxy) is 1. The number of esters is 1. The van der Waals surface area contributed by atoms with E-state index in [9.17, 15) is 79.4 Å². The molecule has 210 valence electrons.